The lowest BCUT2D eigenvalue weighted by atomic mass is 10.0. The van der Waals surface area contributed by atoms with Gasteiger partial charge in [-0.05, 0) is 38.0 Å². The minimum atomic E-state index is -4.89. The molecule has 1 aromatic heterocycles. The Morgan fingerprint density at radius 1 is 0.942 bits per heavy atom. The molecule has 29 heteroatoms. The van der Waals surface area contributed by atoms with E-state index in [1.54, 1.807) is 81.4 Å². The van der Waals surface area contributed by atoms with Crippen LogP contribution in [0.1, 0.15) is 59.5 Å². The van der Waals surface area contributed by atoms with E-state index >= 15 is 0 Å². The van der Waals surface area contributed by atoms with Gasteiger partial charge >= 0.3 is 18.0 Å². The molecule has 0 radical (unpaired) electrons. The minimum Gasteiger partial charge on any atom is -0.455 e. The largest absolute Gasteiger partial charge is 0.455 e. The maximum absolute atomic E-state index is 14.3. The number of amides is 3. The summed E-state index contributed by atoms with van der Waals surface area (Å²) in [5, 5.41) is 23.4. The highest BCUT2D eigenvalue weighted by Crippen LogP contribution is 2.42. The number of nitrogens with one attached hydrogen (secondary N) is 3. The monoisotopic (exact) mass is 1030 g/mol. The van der Waals surface area contributed by atoms with Crippen LogP contribution in [0.3, 0.4) is 0 Å². The quantitative estimate of drug-likeness (QED) is 0.0296. The zero-order valence-corrected chi connectivity index (χ0v) is 39.5. The molecule has 4 aromatic rings. The number of nitrogens with two attached hydrogens (primary N) is 2. The van der Waals surface area contributed by atoms with Gasteiger partial charge in [0.25, 0.3) is 17.3 Å². The van der Waals surface area contributed by atoms with Gasteiger partial charge in [-0.15, -0.1) is 11.8 Å². The van der Waals surface area contributed by atoms with Gasteiger partial charge in [-0.25, -0.2) is 40.9 Å². The Kier molecular flexibility index (Phi) is 15.4. The molecule has 3 heterocycles. The van der Waals surface area contributed by atoms with Crippen LogP contribution in [0.5, 0.6) is 0 Å². The molecule has 1 fully saturated rings. The lowest BCUT2D eigenvalue weighted by Gasteiger charge is -2.50. The predicted molar refractivity (Wildman–Crippen MR) is 245 cm³/mol. The van der Waals surface area contributed by atoms with Crippen LogP contribution in [0.4, 0.5) is 21.2 Å². The van der Waals surface area contributed by atoms with E-state index in [9.17, 15) is 61.0 Å². The molecule has 3 atom stereocenters. The van der Waals surface area contributed by atoms with Gasteiger partial charge in [0.2, 0.25) is 31.0 Å². The van der Waals surface area contributed by atoms with Crippen LogP contribution in [0.25, 0.3) is 0 Å². The van der Waals surface area contributed by atoms with Crippen molar-refractivity contribution in [1.29, 1.82) is 0 Å². The molecule has 3 amide bonds. The first-order chi connectivity index (χ1) is 32.4. The van der Waals surface area contributed by atoms with E-state index < -0.39 is 135 Å². The summed E-state index contributed by atoms with van der Waals surface area (Å²) in [6, 6.07) is 15.4. The van der Waals surface area contributed by atoms with Gasteiger partial charge in [0.1, 0.15) is 46.1 Å². The van der Waals surface area contributed by atoms with E-state index in [-0.39, 0.29) is 22.0 Å². The molecular formula is C40H41N9O16S4. The first-order valence-corrected chi connectivity index (χ1v) is 25.0. The first kappa shape index (κ1) is 51.3. The van der Waals surface area contributed by atoms with Gasteiger partial charge < -0.3 is 31.0 Å². The number of carbonyl (C=O) groups excluding carboxylic acids is 5. The lowest BCUT2D eigenvalue weighted by molar-refractivity contribution is -0.396. The van der Waals surface area contributed by atoms with Gasteiger partial charge in [0.15, 0.2) is 11.0 Å². The Hall–Kier alpha value is -7.05. The molecular weight excluding hydrogens is 991 g/mol. The van der Waals surface area contributed by atoms with E-state index in [0.717, 1.165) is 16.7 Å². The van der Waals surface area contributed by atoms with Crippen molar-refractivity contribution in [3.05, 3.63) is 132 Å². The summed E-state index contributed by atoms with van der Waals surface area (Å²) in [6.07, 6.45) is -2.16. The molecule has 0 spiro atoms. The number of primary amides is 1. The number of thiazole rings is 1. The maximum atomic E-state index is 14.3. The number of sulfonamides is 2. The van der Waals surface area contributed by atoms with Gasteiger partial charge in [0, 0.05) is 23.9 Å². The van der Waals surface area contributed by atoms with E-state index in [4.69, 9.17) is 25.7 Å². The molecule has 7 N–H and O–H groups in total. The number of β-lactam (4-membered cyclic amide) rings is 1. The average molecular weight is 1030 g/mol. The molecule has 6 rings (SSSR count). The summed E-state index contributed by atoms with van der Waals surface area (Å²) in [5.74, 6) is -5.35. The topological polar surface area (TPSA) is 372 Å². The second-order valence-corrected chi connectivity index (χ2v) is 21.5. The summed E-state index contributed by atoms with van der Waals surface area (Å²) in [6.45, 7) is 3.18. The van der Waals surface area contributed by atoms with Crippen LogP contribution in [0, 0.1) is 20.2 Å². The number of thioether (sulfide) groups is 1. The fraction of sp³-hybridized carbons (Fsp3) is 0.300. The molecule has 0 unspecified atom stereocenters. The number of aromatic nitrogens is 1. The number of nitrogens with zero attached hydrogens (tertiary/aromatic N) is 4. The number of hydrogen-bond donors (Lipinski definition) is 5. The number of hydrogen-bond acceptors (Lipinski definition) is 20. The second kappa shape index (κ2) is 20.7. The summed E-state index contributed by atoms with van der Waals surface area (Å²) in [4.78, 5) is 92.0. The zero-order chi connectivity index (χ0) is 50.6. The number of esters is 2. The van der Waals surface area contributed by atoms with Gasteiger partial charge in [0.05, 0.1) is 21.7 Å². The number of nitro benzene ring substituents is 2. The Bertz CT molecular complexity index is 2930. The molecule has 2 aliphatic rings. The van der Waals surface area contributed by atoms with Crippen molar-refractivity contribution < 1.29 is 64.9 Å². The summed E-state index contributed by atoms with van der Waals surface area (Å²) >= 11 is 1.56. The summed E-state index contributed by atoms with van der Waals surface area (Å²) < 4.78 is 73.8. The van der Waals surface area contributed by atoms with Crippen molar-refractivity contribution in [2.24, 2.45) is 5.73 Å². The highest BCUT2D eigenvalue weighted by molar-refractivity contribution is 8.00. The number of nitrogen functional groups attached to an aromatic ring is 1. The van der Waals surface area contributed by atoms with Crippen LogP contribution >= 0.6 is 23.1 Å². The van der Waals surface area contributed by atoms with Crippen LogP contribution < -0.4 is 26.2 Å². The number of nitro groups is 2. The summed E-state index contributed by atoms with van der Waals surface area (Å²) in [5.41, 5.74) is 8.89. The molecule has 1 saturated heterocycles. The predicted octanol–water partition coefficient (Wildman–Crippen LogP) is 2.52. The minimum absolute atomic E-state index is 0.0624. The third kappa shape index (κ3) is 12.2. The summed E-state index contributed by atoms with van der Waals surface area (Å²) in [7, 11) is -9.72. The second-order valence-electron chi connectivity index (χ2n) is 15.8. The van der Waals surface area contributed by atoms with E-state index in [1.165, 1.54) is 0 Å². The standard InChI is InChI=1S/C40H41N9O16S4/c1-40(2,3)65-38(53)34-45-27(32(41)67-34)28(46-68(59,60)17-16-43-69(61,62)26-15-14-24(48(55)56)18-25(26)49(57)58)33(50)44-29-35(51)47-30(23(19-63-39(42)54)20-66-36(29)47)37(52)64-31(21-10-6-4-7-11-21)22-12-8-5-9-13-22/h4-15,18,28-29,31,36,43,46H,16-17,19-20,41H2,1-3H3,(H2,42,54)(H,44,50)/t28-,29-,36-/m1/s1. The number of fused-ring (bicyclic) bond motifs is 1. The molecule has 366 valence electrons. The molecule has 3 aromatic carbocycles. The SMILES string of the molecule is CC(C)(C)OC(=O)c1nc([C@@H](NS(=O)(=O)CCNS(=O)(=O)c2ccc([N+](=O)[O-])cc2[N+](=O)[O-])C(=O)N[C@@H]2C(=O)N3C(C(=O)OC(c4ccccc4)c4ccccc4)=C(COC(N)=O)CS[C@H]23)c(N)s1. The Balaban J connectivity index is 1.26. The number of benzene rings is 3. The highest BCUT2D eigenvalue weighted by atomic mass is 32.2. The van der Waals surface area contributed by atoms with Crippen molar-refractivity contribution in [3.63, 3.8) is 0 Å². The normalized spacial score (nSPS) is 16.5. The molecule has 69 heavy (non-hydrogen) atoms. The number of carbonyl (C=O) groups is 5. The van der Waals surface area contributed by atoms with Crippen molar-refractivity contribution >= 4 is 89.4 Å². The van der Waals surface area contributed by atoms with Crippen molar-refractivity contribution in [3.8, 4) is 0 Å². The fourth-order valence-corrected chi connectivity index (χ4v) is 11.2. The molecule has 0 saturated carbocycles. The molecule has 0 aliphatic carbocycles. The third-order valence-corrected chi connectivity index (χ3v) is 14.8. The zero-order valence-electron chi connectivity index (χ0n) is 36.3. The van der Waals surface area contributed by atoms with E-state index in [2.05, 4.69) is 15.0 Å². The van der Waals surface area contributed by atoms with Crippen molar-refractivity contribution in [2.75, 3.05) is 30.4 Å². The number of non-ortho nitro benzene ring substituents is 1. The van der Waals surface area contributed by atoms with Crippen molar-refractivity contribution in [1.82, 2.24) is 24.6 Å². The average Bonchev–Trinajstić information content (AvgIpc) is 3.68. The van der Waals surface area contributed by atoms with E-state index in [0.29, 0.717) is 40.7 Å². The smallest absolute Gasteiger partial charge is 0.404 e. The van der Waals surface area contributed by atoms with Gasteiger partial charge in [-0.1, -0.05) is 72.0 Å². The van der Waals surface area contributed by atoms with Crippen LogP contribution in [-0.2, 0) is 48.6 Å². The highest BCUT2D eigenvalue weighted by Gasteiger charge is 2.55. The molecule has 2 aliphatic heterocycles. The number of ether oxygens (including phenoxy) is 3. The van der Waals surface area contributed by atoms with Crippen LogP contribution in [0.15, 0.2) is 95.0 Å². The lowest BCUT2D eigenvalue weighted by Crippen LogP contribution is -2.71. The van der Waals surface area contributed by atoms with Gasteiger partial charge in [-0.2, -0.15) is 4.72 Å². The van der Waals surface area contributed by atoms with Crippen molar-refractivity contribution in [2.45, 2.75) is 54.8 Å². The first-order valence-electron chi connectivity index (χ1n) is 20.0. The fourth-order valence-electron chi connectivity index (χ4n) is 6.73. The van der Waals surface area contributed by atoms with Crippen LogP contribution in [0.2, 0.25) is 0 Å². The number of rotatable bonds is 19. The van der Waals surface area contributed by atoms with E-state index in [1.807, 2.05) is 4.72 Å². The number of anilines is 1. The third-order valence-electron chi connectivity index (χ3n) is 9.75. The maximum Gasteiger partial charge on any atom is 0.404 e. The van der Waals surface area contributed by atoms with Gasteiger partial charge in [-0.3, -0.25) is 34.7 Å². The molecule has 0 bridgehead atoms. The Labute approximate surface area is 400 Å². The molecule has 25 nitrogen and oxygen atoms in total. The Morgan fingerprint density at radius 3 is 2.13 bits per heavy atom. The van der Waals surface area contributed by atoms with Crippen LogP contribution in [-0.4, -0.2) is 108 Å². The Morgan fingerprint density at radius 2 is 1.57 bits per heavy atom.